The van der Waals surface area contributed by atoms with E-state index in [1.54, 1.807) is 23.4 Å². The molecule has 9 nitrogen and oxygen atoms in total. The standard InChI is InChI=1S/C18H23N7O2S/c1-2-14-21-22-18(28-14)25-12-13(11-15(25)26)16(27)23-7-4-8-24(10-9-23)17-19-5-3-6-20-17/h3,5-6,13H,2,4,7-12H2,1H3. The fraction of sp³-hybridized carbons (Fsp3) is 0.556. The van der Waals surface area contributed by atoms with Gasteiger partial charge in [-0.1, -0.05) is 18.3 Å². The van der Waals surface area contributed by atoms with Crippen molar-refractivity contribution >= 4 is 34.2 Å². The molecule has 2 aliphatic rings. The van der Waals surface area contributed by atoms with Gasteiger partial charge in [0.25, 0.3) is 0 Å². The van der Waals surface area contributed by atoms with Crippen LogP contribution in [0, 0.1) is 5.92 Å². The molecule has 0 aromatic carbocycles. The lowest BCUT2D eigenvalue weighted by Gasteiger charge is -2.24. The third-order valence-corrected chi connectivity index (χ3v) is 6.20. The zero-order valence-electron chi connectivity index (χ0n) is 15.8. The quantitative estimate of drug-likeness (QED) is 0.754. The Labute approximate surface area is 167 Å². The Morgan fingerprint density at radius 3 is 2.75 bits per heavy atom. The summed E-state index contributed by atoms with van der Waals surface area (Å²) in [6.45, 7) is 5.19. The maximum atomic E-state index is 13.0. The van der Waals surface area contributed by atoms with E-state index >= 15 is 0 Å². The summed E-state index contributed by atoms with van der Waals surface area (Å²) >= 11 is 1.42. The Kier molecular flexibility index (Phi) is 5.47. The molecule has 0 saturated carbocycles. The molecule has 2 amide bonds. The molecular weight excluding hydrogens is 378 g/mol. The van der Waals surface area contributed by atoms with Crippen molar-refractivity contribution in [2.45, 2.75) is 26.2 Å². The number of hydrogen-bond donors (Lipinski definition) is 0. The van der Waals surface area contributed by atoms with Crippen molar-refractivity contribution in [2.24, 2.45) is 5.92 Å². The number of carbonyl (C=O) groups excluding carboxylic acids is 2. The van der Waals surface area contributed by atoms with Gasteiger partial charge in [0.15, 0.2) is 0 Å². The Bertz CT molecular complexity index is 843. The molecule has 4 rings (SSSR count). The van der Waals surface area contributed by atoms with E-state index in [0.717, 1.165) is 24.4 Å². The molecule has 1 unspecified atom stereocenters. The number of carbonyl (C=O) groups is 2. The van der Waals surface area contributed by atoms with Crippen LogP contribution in [0.15, 0.2) is 18.5 Å². The minimum Gasteiger partial charge on any atom is -0.341 e. The highest BCUT2D eigenvalue weighted by atomic mass is 32.1. The Morgan fingerprint density at radius 2 is 2.00 bits per heavy atom. The highest BCUT2D eigenvalue weighted by Gasteiger charge is 2.38. The van der Waals surface area contributed by atoms with Crippen molar-refractivity contribution < 1.29 is 9.59 Å². The van der Waals surface area contributed by atoms with Crippen molar-refractivity contribution in [3.63, 3.8) is 0 Å². The molecule has 2 aromatic rings. The minimum atomic E-state index is -0.319. The lowest BCUT2D eigenvalue weighted by Crippen LogP contribution is -2.40. The van der Waals surface area contributed by atoms with E-state index < -0.39 is 0 Å². The van der Waals surface area contributed by atoms with Crippen LogP contribution in [0.4, 0.5) is 11.1 Å². The summed E-state index contributed by atoms with van der Waals surface area (Å²) in [7, 11) is 0. The van der Waals surface area contributed by atoms with Crippen LogP contribution in [-0.4, -0.2) is 69.6 Å². The molecule has 28 heavy (non-hydrogen) atoms. The first-order valence-electron chi connectivity index (χ1n) is 9.59. The highest BCUT2D eigenvalue weighted by molar-refractivity contribution is 7.15. The molecule has 2 aliphatic heterocycles. The second kappa shape index (κ2) is 8.17. The van der Waals surface area contributed by atoms with E-state index in [9.17, 15) is 9.59 Å². The molecule has 0 radical (unpaired) electrons. The number of nitrogens with zero attached hydrogens (tertiary/aromatic N) is 7. The Hall–Kier alpha value is -2.62. The van der Waals surface area contributed by atoms with Crippen molar-refractivity contribution in [3.05, 3.63) is 23.5 Å². The van der Waals surface area contributed by atoms with Crippen molar-refractivity contribution in [3.8, 4) is 0 Å². The minimum absolute atomic E-state index is 0.0481. The third kappa shape index (κ3) is 3.82. The molecule has 2 fully saturated rings. The van der Waals surface area contributed by atoms with Gasteiger partial charge < -0.3 is 9.80 Å². The van der Waals surface area contributed by atoms with E-state index in [1.165, 1.54) is 11.3 Å². The first-order chi connectivity index (χ1) is 13.7. The fourth-order valence-electron chi connectivity index (χ4n) is 3.61. The highest BCUT2D eigenvalue weighted by Crippen LogP contribution is 2.29. The molecule has 0 spiro atoms. The third-order valence-electron chi connectivity index (χ3n) is 5.11. The molecule has 0 aliphatic carbocycles. The van der Waals surface area contributed by atoms with Gasteiger partial charge in [-0.3, -0.25) is 14.5 Å². The van der Waals surface area contributed by atoms with Gasteiger partial charge in [-0.25, -0.2) is 9.97 Å². The molecule has 1 atom stereocenters. The summed E-state index contributed by atoms with van der Waals surface area (Å²) < 4.78 is 0. The van der Waals surface area contributed by atoms with Gasteiger partial charge in [0.05, 0.1) is 5.92 Å². The molecule has 2 aromatic heterocycles. The van der Waals surface area contributed by atoms with Gasteiger partial charge in [0.2, 0.25) is 22.9 Å². The molecular formula is C18H23N7O2S. The van der Waals surface area contributed by atoms with Crippen LogP contribution >= 0.6 is 11.3 Å². The summed E-state index contributed by atoms with van der Waals surface area (Å²) in [4.78, 5) is 39.7. The fourth-order valence-corrected chi connectivity index (χ4v) is 4.41. The molecule has 0 N–H and O–H groups in total. The molecule has 10 heteroatoms. The SMILES string of the molecule is CCc1nnc(N2CC(C(=O)N3CCCN(c4ncccn4)CC3)CC2=O)s1. The van der Waals surface area contributed by atoms with Gasteiger partial charge in [-0.2, -0.15) is 0 Å². The lowest BCUT2D eigenvalue weighted by molar-refractivity contribution is -0.135. The normalized spacial score (nSPS) is 20.5. The van der Waals surface area contributed by atoms with Crippen LogP contribution in [0.25, 0.3) is 0 Å². The van der Waals surface area contributed by atoms with Gasteiger partial charge in [0.1, 0.15) is 5.01 Å². The van der Waals surface area contributed by atoms with Crippen molar-refractivity contribution in [1.82, 2.24) is 25.1 Å². The maximum absolute atomic E-state index is 13.0. The van der Waals surface area contributed by atoms with Gasteiger partial charge in [-0.15, -0.1) is 10.2 Å². The van der Waals surface area contributed by atoms with Crippen LogP contribution in [-0.2, 0) is 16.0 Å². The first-order valence-corrected chi connectivity index (χ1v) is 10.4. The molecule has 0 bridgehead atoms. The van der Waals surface area contributed by atoms with Crippen molar-refractivity contribution in [1.29, 1.82) is 0 Å². The number of aromatic nitrogens is 4. The molecule has 148 valence electrons. The average Bonchev–Trinajstić information content (AvgIpc) is 3.27. The van der Waals surface area contributed by atoms with Crippen molar-refractivity contribution in [2.75, 3.05) is 42.5 Å². The Balaban J connectivity index is 1.38. The topological polar surface area (TPSA) is 95.4 Å². The average molecular weight is 401 g/mol. The lowest BCUT2D eigenvalue weighted by atomic mass is 10.1. The zero-order chi connectivity index (χ0) is 19.5. The van der Waals surface area contributed by atoms with E-state index in [4.69, 9.17) is 0 Å². The summed E-state index contributed by atoms with van der Waals surface area (Å²) in [5, 5.41) is 9.69. The molecule has 4 heterocycles. The van der Waals surface area contributed by atoms with Gasteiger partial charge in [0, 0.05) is 51.5 Å². The summed E-state index contributed by atoms with van der Waals surface area (Å²) in [5.41, 5.74) is 0. The first kappa shape index (κ1) is 18.7. The number of rotatable bonds is 4. The predicted octanol–water partition coefficient (Wildman–Crippen LogP) is 0.982. The van der Waals surface area contributed by atoms with Gasteiger partial charge in [-0.05, 0) is 18.9 Å². The summed E-state index contributed by atoms with van der Waals surface area (Å²) in [5.74, 6) is 0.376. The zero-order valence-corrected chi connectivity index (χ0v) is 16.6. The van der Waals surface area contributed by atoms with Gasteiger partial charge >= 0.3 is 0 Å². The van der Waals surface area contributed by atoms with Crippen LogP contribution in [0.2, 0.25) is 0 Å². The van der Waals surface area contributed by atoms with E-state index in [0.29, 0.717) is 37.3 Å². The van der Waals surface area contributed by atoms with E-state index in [1.807, 2.05) is 11.8 Å². The summed E-state index contributed by atoms with van der Waals surface area (Å²) in [6.07, 6.45) is 5.34. The second-order valence-corrected chi connectivity index (χ2v) is 7.99. The van der Waals surface area contributed by atoms with Crippen LogP contribution in [0.3, 0.4) is 0 Å². The van der Waals surface area contributed by atoms with Crippen LogP contribution in [0.1, 0.15) is 24.8 Å². The predicted molar refractivity (Wildman–Crippen MR) is 105 cm³/mol. The number of hydrogen-bond acceptors (Lipinski definition) is 8. The maximum Gasteiger partial charge on any atom is 0.229 e. The summed E-state index contributed by atoms with van der Waals surface area (Å²) in [6, 6.07) is 1.79. The number of anilines is 2. The van der Waals surface area contributed by atoms with E-state index in [-0.39, 0.29) is 24.2 Å². The van der Waals surface area contributed by atoms with E-state index in [2.05, 4.69) is 25.1 Å². The van der Waals surface area contributed by atoms with Crippen LogP contribution in [0.5, 0.6) is 0 Å². The second-order valence-electron chi connectivity index (χ2n) is 6.95. The monoisotopic (exact) mass is 401 g/mol. The smallest absolute Gasteiger partial charge is 0.229 e. The van der Waals surface area contributed by atoms with Crippen LogP contribution < -0.4 is 9.80 Å². The molecule has 2 saturated heterocycles. The number of amides is 2. The number of aryl methyl sites for hydroxylation is 1. The Morgan fingerprint density at radius 1 is 1.18 bits per heavy atom. The largest absolute Gasteiger partial charge is 0.341 e.